The largest absolute Gasteiger partial charge is 0.0954 e. The van der Waals surface area contributed by atoms with Crippen LogP contribution in [0.5, 0.6) is 0 Å². The third-order valence-corrected chi connectivity index (χ3v) is 5.57. The van der Waals surface area contributed by atoms with Crippen molar-refractivity contribution in [3.05, 3.63) is 59.7 Å². The van der Waals surface area contributed by atoms with Crippen molar-refractivity contribution in [2.75, 3.05) is 0 Å². The third-order valence-electron chi connectivity index (χ3n) is 3.60. The van der Waals surface area contributed by atoms with Gasteiger partial charge in [0.15, 0.2) is 0 Å². The van der Waals surface area contributed by atoms with Gasteiger partial charge >= 0.3 is 0 Å². The molecule has 1 fully saturated rings. The zero-order chi connectivity index (χ0) is 13.9. The molecule has 0 aliphatic heterocycles. The zero-order valence-electron chi connectivity index (χ0n) is 11.4. The molecule has 2 aliphatic carbocycles. The van der Waals surface area contributed by atoms with E-state index in [1.807, 2.05) is 13.8 Å². The van der Waals surface area contributed by atoms with Gasteiger partial charge in [0.05, 0.1) is 3.23 Å². The molecular weight excluding hydrogens is 364 g/mol. The second-order valence-corrected chi connectivity index (χ2v) is 8.41. The van der Waals surface area contributed by atoms with Crippen molar-refractivity contribution in [1.82, 2.24) is 0 Å². The molecule has 1 saturated carbocycles. The molecule has 0 amide bonds. The van der Waals surface area contributed by atoms with E-state index in [4.69, 9.17) is 0 Å². The van der Waals surface area contributed by atoms with Crippen molar-refractivity contribution >= 4 is 31.9 Å². The van der Waals surface area contributed by atoms with Crippen LogP contribution in [0.15, 0.2) is 54.1 Å². The van der Waals surface area contributed by atoms with Crippen molar-refractivity contribution in [3.8, 4) is 0 Å². The maximum atomic E-state index is 3.83. The highest BCUT2D eigenvalue weighted by Gasteiger charge is 2.63. The van der Waals surface area contributed by atoms with E-state index < -0.39 is 0 Å². The van der Waals surface area contributed by atoms with Crippen LogP contribution in [0.4, 0.5) is 0 Å². The summed E-state index contributed by atoms with van der Waals surface area (Å²) in [4.78, 5) is 0. The average Bonchev–Trinajstić information content (AvgIpc) is 3.06. The van der Waals surface area contributed by atoms with Gasteiger partial charge in [-0.2, -0.15) is 0 Å². The number of hydrogen-bond donors (Lipinski definition) is 0. The molecule has 2 heteroatoms. The van der Waals surface area contributed by atoms with Crippen LogP contribution in [0.25, 0.3) is 0 Å². The highest BCUT2D eigenvalue weighted by Crippen LogP contribution is 2.70. The molecule has 0 spiro atoms. The van der Waals surface area contributed by atoms with E-state index >= 15 is 0 Å². The Morgan fingerprint density at radius 2 is 1.68 bits per heavy atom. The van der Waals surface area contributed by atoms with Crippen molar-refractivity contribution < 1.29 is 0 Å². The summed E-state index contributed by atoms with van der Waals surface area (Å²) in [5.41, 5.74) is 2.88. The molecule has 0 aromatic heterocycles. The summed E-state index contributed by atoms with van der Waals surface area (Å²) >= 11 is 7.67. The predicted molar refractivity (Wildman–Crippen MR) is 91.1 cm³/mol. The number of hydrogen-bond acceptors (Lipinski definition) is 0. The van der Waals surface area contributed by atoms with Gasteiger partial charge in [-0.3, -0.25) is 0 Å². The summed E-state index contributed by atoms with van der Waals surface area (Å²) in [5, 5.41) is 0. The van der Waals surface area contributed by atoms with Crippen LogP contribution in [-0.2, 0) is 0 Å². The van der Waals surface area contributed by atoms with Crippen LogP contribution in [-0.4, -0.2) is 3.23 Å². The molecule has 19 heavy (non-hydrogen) atoms. The molecule has 3 rings (SSSR count). The van der Waals surface area contributed by atoms with E-state index in [1.165, 1.54) is 24.0 Å². The highest BCUT2D eigenvalue weighted by molar-refractivity contribution is 9.25. The van der Waals surface area contributed by atoms with Crippen LogP contribution in [0.1, 0.15) is 38.2 Å². The van der Waals surface area contributed by atoms with Gasteiger partial charge in [0, 0.05) is 11.8 Å². The van der Waals surface area contributed by atoms with Crippen LogP contribution < -0.4 is 0 Å². The molecule has 0 saturated heterocycles. The normalized spacial score (nSPS) is 27.1. The van der Waals surface area contributed by atoms with E-state index in [1.54, 1.807) is 0 Å². The number of benzene rings is 1. The fourth-order valence-corrected chi connectivity index (χ4v) is 4.53. The lowest BCUT2D eigenvalue weighted by molar-refractivity contribution is 0.915. The fourth-order valence-electron chi connectivity index (χ4n) is 2.68. The van der Waals surface area contributed by atoms with Gasteiger partial charge in [-0.1, -0.05) is 94.3 Å². The minimum atomic E-state index is 0.0505. The quantitative estimate of drug-likeness (QED) is 0.534. The maximum absolute atomic E-state index is 3.83. The minimum absolute atomic E-state index is 0.0505. The second-order valence-electron chi connectivity index (χ2n) is 4.72. The van der Waals surface area contributed by atoms with Crippen LogP contribution in [0.3, 0.4) is 0 Å². The van der Waals surface area contributed by atoms with Gasteiger partial charge in [-0.25, -0.2) is 0 Å². The first-order valence-corrected chi connectivity index (χ1v) is 8.59. The number of allylic oxidation sites excluding steroid dienone is 4. The maximum Gasteiger partial charge on any atom is 0.0954 e. The molecular formula is C17H20Br2. The van der Waals surface area contributed by atoms with E-state index in [0.29, 0.717) is 11.8 Å². The molecule has 0 bridgehead atoms. The summed E-state index contributed by atoms with van der Waals surface area (Å²) in [6, 6.07) is 10.7. The molecule has 0 radical (unpaired) electrons. The van der Waals surface area contributed by atoms with Gasteiger partial charge < -0.3 is 0 Å². The lowest BCUT2D eigenvalue weighted by Gasteiger charge is -2.06. The molecule has 102 valence electrons. The summed E-state index contributed by atoms with van der Waals surface area (Å²) in [5.74, 6) is 1.10. The first kappa shape index (κ1) is 15.1. The highest BCUT2D eigenvalue weighted by atomic mass is 79.9. The average molecular weight is 384 g/mol. The molecule has 2 atom stereocenters. The standard InChI is InChI=1S/C15H14Br2.C2H6/c16-15(17)13(11-7-3-1-4-8-11)14(15)12-9-5-2-6-10-12;1-2/h1,3-5,7-10,13-14H,2,6H2;1-2H3. The van der Waals surface area contributed by atoms with Crippen LogP contribution in [0.2, 0.25) is 0 Å². The summed E-state index contributed by atoms with van der Waals surface area (Å²) < 4.78 is 0.0505. The first-order valence-electron chi connectivity index (χ1n) is 7.00. The monoisotopic (exact) mass is 382 g/mol. The molecule has 1 aromatic carbocycles. The smallest absolute Gasteiger partial charge is 0.0840 e. The predicted octanol–water partition coefficient (Wildman–Crippen LogP) is 6.19. The van der Waals surface area contributed by atoms with Crippen molar-refractivity contribution in [2.24, 2.45) is 5.92 Å². The first-order chi connectivity index (χ1) is 9.21. The van der Waals surface area contributed by atoms with Gasteiger partial charge in [0.2, 0.25) is 0 Å². The van der Waals surface area contributed by atoms with Gasteiger partial charge in [0.1, 0.15) is 0 Å². The Hall–Kier alpha value is -0.340. The van der Waals surface area contributed by atoms with E-state index in [-0.39, 0.29) is 3.23 Å². The molecule has 2 aliphatic rings. The molecule has 0 heterocycles. The Morgan fingerprint density at radius 1 is 1.00 bits per heavy atom. The second kappa shape index (κ2) is 6.41. The van der Waals surface area contributed by atoms with Crippen LogP contribution >= 0.6 is 31.9 Å². The Labute approximate surface area is 133 Å². The lowest BCUT2D eigenvalue weighted by atomic mass is 10.00. The van der Waals surface area contributed by atoms with Gasteiger partial charge in [0.25, 0.3) is 0 Å². The Balaban J connectivity index is 0.000000637. The molecule has 2 unspecified atom stereocenters. The third kappa shape index (κ3) is 3.05. The molecule has 0 nitrogen and oxygen atoms in total. The van der Waals surface area contributed by atoms with Gasteiger partial charge in [-0.05, 0) is 24.0 Å². The Morgan fingerprint density at radius 3 is 2.26 bits per heavy atom. The summed E-state index contributed by atoms with van der Waals surface area (Å²) in [7, 11) is 0. The number of rotatable bonds is 2. The summed E-state index contributed by atoms with van der Waals surface area (Å²) in [6.45, 7) is 4.00. The molecule has 1 aromatic rings. The van der Waals surface area contributed by atoms with Gasteiger partial charge in [-0.15, -0.1) is 0 Å². The zero-order valence-corrected chi connectivity index (χ0v) is 14.6. The minimum Gasteiger partial charge on any atom is -0.0840 e. The topological polar surface area (TPSA) is 0 Å². The Kier molecular flexibility index (Phi) is 5.08. The molecule has 0 N–H and O–H groups in total. The fraction of sp³-hybridized carbons (Fsp3) is 0.412. The van der Waals surface area contributed by atoms with E-state index in [9.17, 15) is 0 Å². The van der Waals surface area contributed by atoms with Crippen molar-refractivity contribution in [1.29, 1.82) is 0 Å². The van der Waals surface area contributed by atoms with Crippen LogP contribution in [0, 0.1) is 5.92 Å². The Bertz CT molecular complexity index is 471. The van der Waals surface area contributed by atoms with Crippen molar-refractivity contribution in [2.45, 2.75) is 35.8 Å². The van der Waals surface area contributed by atoms with E-state index in [2.05, 4.69) is 80.4 Å². The SMILES string of the molecule is BrC1(Br)C(C2=CCCC=C2)C1c1ccccc1.CC. The number of halogens is 2. The summed E-state index contributed by atoms with van der Waals surface area (Å²) in [6.07, 6.45) is 9.31. The lowest BCUT2D eigenvalue weighted by Crippen LogP contribution is -1.93. The number of alkyl halides is 2. The van der Waals surface area contributed by atoms with Crippen molar-refractivity contribution in [3.63, 3.8) is 0 Å². The van der Waals surface area contributed by atoms with E-state index in [0.717, 1.165) is 0 Å².